The highest BCUT2D eigenvalue weighted by Crippen LogP contribution is 2.32. The van der Waals surface area contributed by atoms with Crippen LogP contribution in [0.2, 0.25) is 5.02 Å². The number of hydrogen-bond acceptors (Lipinski definition) is 5. The molecular formula is C21H27ClN4O4. The van der Waals surface area contributed by atoms with Gasteiger partial charge >= 0.3 is 12.0 Å². The van der Waals surface area contributed by atoms with Crippen LogP contribution < -0.4 is 5.32 Å². The minimum Gasteiger partial charge on any atom is -0.463 e. The second-order valence-corrected chi connectivity index (χ2v) is 7.79. The van der Waals surface area contributed by atoms with E-state index in [1.54, 1.807) is 50.1 Å². The largest absolute Gasteiger partial charge is 0.463 e. The van der Waals surface area contributed by atoms with Gasteiger partial charge in [-0.05, 0) is 24.6 Å². The van der Waals surface area contributed by atoms with Crippen LogP contribution in [0.5, 0.6) is 0 Å². The molecule has 2 aliphatic rings. The first-order valence-electron chi connectivity index (χ1n) is 9.99. The first-order valence-corrected chi connectivity index (χ1v) is 10.4. The molecule has 1 atom stereocenters. The fourth-order valence-electron chi connectivity index (χ4n) is 3.74. The van der Waals surface area contributed by atoms with Gasteiger partial charge in [0.05, 0.1) is 18.2 Å². The molecule has 0 radical (unpaired) electrons. The number of nitrogens with zero attached hydrogens (tertiary/aromatic N) is 3. The van der Waals surface area contributed by atoms with Crippen molar-refractivity contribution in [1.82, 2.24) is 20.0 Å². The first kappa shape index (κ1) is 22.1. The zero-order valence-electron chi connectivity index (χ0n) is 17.5. The quantitative estimate of drug-likeness (QED) is 0.717. The molecule has 1 saturated heterocycles. The summed E-state index contributed by atoms with van der Waals surface area (Å²) in [6.07, 6.45) is 0. The summed E-state index contributed by atoms with van der Waals surface area (Å²) >= 11 is 6.01. The maximum absolute atomic E-state index is 12.9. The molecule has 30 heavy (non-hydrogen) atoms. The Labute approximate surface area is 181 Å². The molecule has 0 bridgehead atoms. The van der Waals surface area contributed by atoms with E-state index in [9.17, 15) is 14.4 Å². The molecule has 0 aliphatic carbocycles. The van der Waals surface area contributed by atoms with Crippen molar-refractivity contribution in [1.29, 1.82) is 0 Å². The predicted octanol–water partition coefficient (Wildman–Crippen LogP) is 2.02. The molecule has 162 valence electrons. The minimum absolute atomic E-state index is 0.0537. The first-order chi connectivity index (χ1) is 14.3. The fourth-order valence-corrected chi connectivity index (χ4v) is 3.86. The van der Waals surface area contributed by atoms with Crippen molar-refractivity contribution in [2.45, 2.75) is 19.9 Å². The van der Waals surface area contributed by atoms with E-state index in [4.69, 9.17) is 16.3 Å². The number of hydrogen-bond donors (Lipinski definition) is 1. The fraction of sp³-hybridized carbons (Fsp3) is 0.476. The minimum atomic E-state index is -0.626. The number of amides is 3. The van der Waals surface area contributed by atoms with Crippen molar-refractivity contribution in [3.63, 3.8) is 0 Å². The van der Waals surface area contributed by atoms with E-state index in [1.807, 2.05) is 0 Å². The number of likely N-dealkylation sites (N-methyl/N-ethyl adjacent to an activating group) is 1. The number of benzene rings is 1. The lowest BCUT2D eigenvalue weighted by Crippen LogP contribution is -2.52. The van der Waals surface area contributed by atoms with E-state index >= 15 is 0 Å². The molecular weight excluding hydrogens is 408 g/mol. The van der Waals surface area contributed by atoms with Gasteiger partial charge in [0.1, 0.15) is 0 Å². The highest BCUT2D eigenvalue weighted by Gasteiger charge is 2.37. The third kappa shape index (κ3) is 4.76. The molecule has 1 unspecified atom stereocenters. The van der Waals surface area contributed by atoms with Gasteiger partial charge in [-0.1, -0.05) is 23.7 Å². The lowest BCUT2D eigenvalue weighted by Gasteiger charge is -2.39. The summed E-state index contributed by atoms with van der Waals surface area (Å²) in [5, 5.41) is 3.47. The van der Waals surface area contributed by atoms with Crippen LogP contribution in [0.4, 0.5) is 4.79 Å². The third-order valence-electron chi connectivity index (χ3n) is 5.47. The number of esters is 1. The molecule has 0 spiro atoms. The Hall–Kier alpha value is -2.58. The number of urea groups is 1. The SMILES string of the molecule is CCOC(=O)C1=C(CN2CCN(C(C)=O)CC2)N(C)C(=O)NC1c1ccc(Cl)cc1. The number of rotatable bonds is 5. The van der Waals surface area contributed by atoms with Crippen LogP contribution in [-0.2, 0) is 14.3 Å². The summed E-state index contributed by atoms with van der Waals surface area (Å²) in [5.74, 6) is -0.403. The zero-order chi connectivity index (χ0) is 21.8. The van der Waals surface area contributed by atoms with Crippen molar-refractivity contribution in [2.24, 2.45) is 0 Å². The molecule has 0 aromatic heterocycles. The Balaban J connectivity index is 1.95. The molecule has 0 saturated carbocycles. The smallest absolute Gasteiger partial charge is 0.338 e. The number of ether oxygens (including phenoxy) is 1. The molecule has 9 heteroatoms. The van der Waals surface area contributed by atoms with Crippen LogP contribution in [0.15, 0.2) is 35.5 Å². The predicted molar refractivity (Wildman–Crippen MR) is 113 cm³/mol. The van der Waals surface area contributed by atoms with Gasteiger partial charge in [-0.15, -0.1) is 0 Å². The van der Waals surface area contributed by atoms with Crippen molar-refractivity contribution in [3.05, 3.63) is 46.1 Å². The topological polar surface area (TPSA) is 82.2 Å². The summed E-state index contributed by atoms with van der Waals surface area (Å²) < 4.78 is 5.34. The van der Waals surface area contributed by atoms with Crippen LogP contribution in [0.3, 0.4) is 0 Å². The van der Waals surface area contributed by atoms with E-state index < -0.39 is 12.0 Å². The van der Waals surface area contributed by atoms with Crippen molar-refractivity contribution >= 4 is 29.5 Å². The molecule has 1 fully saturated rings. The summed E-state index contributed by atoms with van der Waals surface area (Å²) in [6.45, 7) is 6.53. The van der Waals surface area contributed by atoms with Crippen LogP contribution in [0.1, 0.15) is 25.5 Å². The van der Waals surface area contributed by atoms with Gasteiger partial charge in [0, 0.05) is 57.4 Å². The summed E-state index contributed by atoms with van der Waals surface area (Å²) in [5.41, 5.74) is 1.77. The zero-order valence-corrected chi connectivity index (χ0v) is 18.2. The van der Waals surface area contributed by atoms with E-state index in [0.29, 0.717) is 49.0 Å². The lowest BCUT2D eigenvalue weighted by molar-refractivity contribution is -0.139. The normalized spacial score (nSPS) is 20.3. The molecule has 2 heterocycles. The van der Waals surface area contributed by atoms with Crippen molar-refractivity contribution < 1.29 is 19.1 Å². The number of carbonyl (C=O) groups excluding carboxylic acids is 3. The maximum atomic E-state index is 12.9. The second kappa shape index (κ2) is 9.49. The Morgan fingerprint density at radius 3 is 2.37 bits per heavy atom. The Morgan fingerprint density at radius 1 is 1.17 bits per heavy atom. The van der Waals surface area contributed by atoms with Crippen LogP contribution in [-0.4, -0.2) is 79.0 Å². The van der Waals surface area contributed by atoms with Crippen LogP contribution >= 0.6 is 11.6 Å². The van der Waals surface area contributed by atoms with Gasteiger partial charge in [0.25, 0.3) is 0 Å². The van der Waals surface area contributed by atoms with E-state index in [-0.39, 0.29) is 18.5 Å². The van der Waals surface area contributed by atoms with Gasteiger partial charge in [0.15, 0.2) is 0 Å². The molecule has 2 aliphatic heterocycles. The van der Waals surface area contributed by atoms with E-state index in [1.165, 1.54) is 4.90 Å². The second-order valence-electron chi connectivity index (χ2n) is 7.36. The summed E-state index contributed by atoms with van der Waals surface area (Å²) in [7, 11) is 1.65. The van der Waals surface area contributed by atoms with Gasteiger partial charge < -0.3 is 15.0 Å². The standard InChI is InChI=1S/C21H27ClN4O4/c1-4-30-20(28)18-17(13-25-9-11-26(12-10-25)14(2)27)24(3)21(29)23-19(18)15-5-7-16(22)8-6-15/h5-8,19H,4,9-13H2,1-3H3,(H,23,29). The van der Waals surface area contributed by atoms with E-state index in [0.717, 1.165) is 5.56 Å². The molecule has 1 aromatic rings. The third-order valence-corrected chi connectivity index (χ3v) is 5.72. The monoisotopic (exact) mass is 434 g/mol. The number of piperazine rings is 1. The Morgan fingerprint density at radius 2 is 1.80 bits per heavy atom. The molecule has 3 amide bonds. The summed E-state index contributed by atoms with van der Waals surface area (Å²) in [4.78, 5) is 42.6. The Bertz CT molecular complexity index is 847. The molecule has 8 nitrogen and oxygen atoms in total. The molecule has 3 rings (SSSR count). The van der Waals surface area contributed by atoms with Crippen molar-refractivity contribution in [3.8, 4) is 0 Å². The van der Waals surface area contributed by atoms with Gasteiger partial charge in [-0.2, -0.15) is 0 Å². The number of halogens is 1. The lowest BCUT2D eigenvalue weighted by atomic mass is 9.94. The van der Waals surface area contributed by atoms with Crippen molar-refractivity contribution in [2.75, 3.05) is 46.4 Å². The van der Waals surface area contributed by atoms with Crippen LogP contribution in [0.25, 0.3) is 0 Å². The van der Waals surface area contributed by atoms with Gasteiger partial charge in [0.2, 0.25) is 5.91 Å². The average molecular weight is 435 g/mol. The Kier molecular flexibility index (Phi) is 6.99. The highest BCUT2D eigenvalue weighted by atomic mass is 35.5. The average Bonchev–Trinajstić information content (AvgIpc) is 2.72. The number of nitrogens with one attached hydrogen (secondary N) is 1. The van der Waals surface area contributed by atoms with Gasteiger partial charge in [-0.25, -0.2) is 9.59 Å². The number of carbonyl (C=O) groups is 3. The molecule has 1 N–H and O–H groups in total. The summed E-state index contributed by atoms with van der Waals surface area (Å²) in [6, 6.07) is 6.12. The van der Waals surface area contributed by atoms with E-state index in [2.05, 4.69) is 10.2 Å². The highest BCUT2D eigenvalue weighted by molar-refractivity contribution is 6.30. The van der Waals surface area contributed by atoms with Crippen LogP contribution in [0, 0.1) is 0 Å². The van der Waals surface area contributed by atoms with Gasteiger partial charge in [-0.3, -0.25) is 14.6 Å². The maximum Gasteiger partial charge on any atom is 0.338 e. The molecule has 1 aromatic carbocycles.